The second-order valence-electron chi connectivity index (χ2n) is 18.1. The Bertz CT molecular complexity index is 1450. The van der Waals surface area contributed by atoms with Crippen molar-refractivity contribution in [2.24, 2.45) is 45.8 Å². The molecule has 3 fully saturated rings. The molecule has 10 heteroatoms. The largest absolute Gasteiger partial charge is 0.469 e. The van der Waals surface area contributed by atoms with Gasteiger partial charge in [0, 0.05) is 17.8 Å². The molecule has 0 aromatic rings. The van der Waals surface area contributed by atoms with Gasteiger partial charge in [0.1, 0.15) is 12.2 Å². The van der Waals surface area contributed by atoms with E-state index in [4.69, 9.17) is 18.9 Å². The van der Waals surface area contributed by atoms with Crippen LogP contribution in [0.25, 0.3) is 0 Å². The molecule has 4 aliphatic rings. The first-order chi connectivity index (χ1) is 24.6. The molecule has 300 valence electrons. The maximum Gasteiger partial charge on any atom is 0.339 e. The first-order valence-electron chi connectivity index (χ1n) is 19.8. The number of allylic oxidation sites excluding steroid dienone is 3. The second-order valence-corrected chi connectivity index (χ2v) is 18.1. The topological polar surface area (TPSA) is 149 Å². The van der Waals surface area contributed by atoms with Crippen molar-refractivity contribution in [3.05, 3.63) is 34.9 Å². The van der Waals surface area contributed by atoms with Gasteiger partial charge in [-0.25, -0.2) is 9.59 Å². The van der Waals surface area contributed by atoms with Crippen molar-refractivity contribution in [2.75, 3.05) is 13.7 Å². The van der Waals surface area contributed by atoms with E-state index in [0.29, 0.717) is 31.4 Å². The number of fused-ring (bicyclic) bond motifs is 3. The SMILES string of the molecule is C/C=C(\C)[C@@H](O)C(=O)O[C@@H]1CC(C(C)(C)O)[C@](C)(CCC(=O)OC)[C@H]2[C@H](OC(=O)[C@H](O)[C@H](C)CC)C[C@]3(C)C(=CC[C@H]3[C@H]3CO[C@H](C=C(C)C)C3)[C@]12C. The number of esters is 3. The average Bonchev–Trinajstić information content (AvgIpc) is 3.69. The van der Waals surface area contributed by atoms with Crippen LogP contribution in [-0.4, -0.2) is 83.1 Å². The molecule has 1 saturated heterocycles. The fourth-order valence-corrected chi connectivity index (χ4v) is 11.1. The molecule has 3 aliphatic carbocycles. The summed E-state index contributed by atoms with van der Waals surface area (Å²) < 4.78 is 24.4. The van der Waals surface area contributed by atoms with Crippen LogP contribution >= 0.6 is 0 Å². The number of aliphatic hydroxyl groups is 3. The molecule has 13 atom stereocenters. The maximum absolute atomic E-state index is 14.0. The van der Waals surface area contributed by atoms with E-state index in [1.54, 1.807) is 33.8 Å². The van der Waals surface area contributed by atoms with Crippen molar-refractivity contribution in [1.29, 1.82) is 0 Å². The normalized spacial score (nSPS) is 37.4. The van der Waals surface area contributed by atoms with Crippen LogP contribution in [0.4, 0.5) is 0 Å². The van der Waals surface area contributed by atoms with Crippen LogP contribution in [0.3, 0.4) is 0 Å². The molecule has 0 amide bonds. The van der Waals surface area contributed by atoms with Crippen molar-refractivity contribution in [3.8, 4) is 0 Å². The van der Waals surface area contributed by atoms with Crippen LogP contribution in [0.15, 0.2) is 34.9 Å². The van der Waals surface area contributed by atoms with Gasteiger partial charge in [0.05, 0.1) is 25.4 Å². The molecule has 53 heavy (non-hydrogen) atoms. The van der Waals surface area contributed by atoms with Crippen molar-refractivity contribution in [3.63, 3.8) is 0 Å². The van der Waals surface area contributed by atoms with Crippen LogP contribution in [0, 0.1) is 45.8 Å². The van der Waals surface area contributed by atoms with Gasteiger partial charge in [-0.2, -0.15) is 0 Å². The van der Waals surface area contributed by atoms with Gasteiger partial charge >= 0.3 is 17.9 Å². The Morgan fingerprint density at radius 3 is 2.30 bits per heavy atom. The predicted octanol–water partition coefficient (Wildman–Crippen LogP) is 6.64. The molecule has 0 aromatic heterocycles. The quantitative estimate of drug-likeness (QED) is 0.106. The van der Waals surface area contributed by atoms with Gasteiger partial charge in [0.15, 0.2) is 12.2 Å². The number of carbonyl (C=O) groups excluding carboxylic acids is 3. The first-order valence-corrected chi connectivity index (χ1v) is 19.8. The third kappa shape index (κ3) is 8.22. The number of methoxy groups -OCH3 is 1. The van der Waals surface area contributed by atoms with Crippen LogP contribution in [-0.2, 0) is 33.3 Å². The number of hydrogen-bond donors (Lipinski definition) is 3. The molecule has 4 rings (SSSR count). The maximum atomic E-state index is 14.0. The van der Waals surface area contributed by atoms with E-state index >= 15 is 0 Å². The summed E-state index contributed by atoms with van der Waals surface area (Å²) in [5, 5.41) is 34.1. The highest BCUT2D eigenvalue weighted by molar-refractivity contribution is 5.78. The second kappa shape index (κ2) is 16.3. The van der Waals surface area contributed by atoms with Crippen LogP contribution < -0.4 is 0 Å². The standard InChI is InChI=1S/C43H68O10/c1-13-25(5)35(45)38(47)52-30-22-42(10)29(27-20-28(51-23-27)19-24(3)4)15-16-31(42)43(11)33(53-39(48)36(46)26(6)14-2)21-32(40(7,8)49)41(9,37(30)43)18-17-34(44)50-12/h14,16,19,25,27-30,32-33,35-37,45-46,49H,13,15,17-18,20-23H2,1-12H3/b26-14+/t25-,27-,28-,29+,30-,32?,33-,35-,36-,37-,41+,42+,43-/m1/s1. The molecule has 1 aliphatic heterocycles. The van der Waals surface area contributed by atoms with Crippen molar-refractivity contribution >= 4 is 17.9 Å². The van der Waals surface area contributed by atoms with E-state index in [0.717, 1.165) is 18.4 Å². The minimum absolute atomic E-state index is 0.0118. The van der Waals surface area contributed by atoms with Gasteiger partial charge in [-0.1, -0.05) is 70.4 Å². The van der Waals surface area contributed by atoms with E-state index in [1.807, 2.05) is 13.8 Å². The Labute approximate surface area is 317 Å². The van der Waals surface area contributed by atoms with Gasteiger partial charge in [-0.05, 0) is 114 Å². The molecule has 1 heterocycles. The average molecular weight is 745 g/mol. The highest BCUT2D eigenvalue weighted by Gasteiger charge is 2.71. The van der Waals surface area contributed by atoms with Crippen molar-refractivity contribution in [2.45, 2.75) is 157 Å². The Balaban J connectivity index is 1.95. The minimum atomic E-state index is -1.47. The Morgan fingerprint density at radius 2 is 1.74 bits per heavy atom. The molecule has 10 nitrogen and oxygen atoms in total. The fraction of sp³-hybridized carbons (Fsp3) is 0.791. The summed E-state index contributed by atoms with van der Waals surface area (Å²) in [4.78, 5) is 40.6. The fourth-order valence-electron chi connectivity index (χ4n) is 11.1. The van der Waals surface area contributed by atoms with E-state index in [2.05, 4.69) is 46.8 Å². The van der Waals surface area contributed by atoms with Gasteiger partial charge in [-0.15, -0.1) is 0 Å². The van der Waals surface area contributed by atoms with Gasteiger partial charge in [0.25, 0.3) is 0 Å². The molecule has 0 aromatic carbocycles. The summed E-state index contributed by atoms with van der Waals surface area (Å²) in [5.41, 5.74) is -0.873. The number of rotatable bonds is 13. The zero-order valence-electron chi connectivity index (χ0n) is 34.4. The molecule has 1 unspecified atom stereocenters. The van der Waals surface area contributed by atoms with E-state index in [1.165, 1.54) is 12.7 Å². The zero-order chi connectivity index (χ0) is 39.8. The molecule has 3 N–H and O–H groups in total. The summed E-state index contributed by atoms with van der Waals surface area (Å²) in [6.45, 7) is 21.7. The van der Waals surface area contributed by atoms with Gasteiger partial charge < -0.3 is 34.3 Å². The summed E-state index contributed by atoms with van der Waals surface area (Å²) in [6.07, 6.45) is 4.98. The minimum Gasteiger partial charge on any atom is -0.469 e. The highest BCUT2D eigenvalue weighted by atomic mass is 16.6. The number of ether oxygens (including phenoxy) is 4. The molecular weight excluding hydrogens is 676 g/mol. The number of carbonyl (C=O) groups is 3. The summed E-state index contributed by atoms with van der Waals surface area (Å²) in [7, 11) is 1.35. The highest BCUT2D eigenvalue weighted by Crippen LogP contribution is 2.72. The molecule has 0 radical (unpaired) electrons. The third-order valence-corrected chi connectivity index (χ3v) is 14.0. The molecule has 0 spiro atoms. The Hall–Kier alpha value is -2.53. The van der Waals surface area contributed by atoms with Crippen molar-refractivity contribution < 1.29 is 48.7 Å². The van der Waals surface area contributed by atoms with E-state index in [9.17, 15) is 29.7 Å². The van der Waals surface area contributed by atoms with E-state index < -0.39 is 76.0 Å². The lowest BCUT2D eigenvalue weighted by atomic mass is 9.39. The lowest BCUT2D eigenvalue weighted by molar-refractivity contribution is -0.241. The van der Waals surface area contributed by atoms with Crippen molar-refractivity contribution in [1.82, 2.24) is 0 Å². The lowest BCUT2D eigenvalue weighted by Gasteiger charge is -2.67. The monoisotopic (exact) mass is 744 g/mol. The smallest absolute Gasteiger partial charge is 0.339 e. The van der Waals surface area contributed by atoms with Crippen LogP contribution in [0.5, 0.6) is 0 Å². The number of aliphatic hydroxyl groups excluding tert-OH is 2. The van der Waals surface area contributed by atoms with Gasteiger partial charge in [-0.3, -0.25) is 4.79 Å². The van der Waals surface area contributed by atoms with E-state index in [-0.39, 0.29) is 36.7 Å². The van der Waals surface area contributed by atoms with Gasteiger partial charge in [0.2, 0.25) is 0 Å². The number of hydrogen-bond acceptors (Lipinski definition) is 10. The summed E-state index contributed by atoms with van der Waals surface area (Å²) >= 11 is 0. The summed E-state index contributed by atoms with van der Waals surface area (Å²) in [5.74, 6) is -2.97. The predicted molar refractivity (Wildman–Crippen MR) is 202 cm³/mol. The molecule has 2 saturated carbocycles. The summed E-state index contributed by atoms with van der Waals surface area (Å²) in [6, 6.07) is 0. The molecule has 0 bridgehead atoms. The Kier molecular flexibility index (Phi) is 13.3. The lowest BCUT2D eigenvalue weighted by Crippen LogP contribution is -2.68. The third-order valence-electron chi connectivity index (χ3n) is 14.0. The molecular formula is C43H68O10. The zero-order valence-corrected chi connectivity index (χ0v) is 34.4. The first kappa shape index (κ1) is 43.2. The van der Waals surface area contributed by atoms with Crippen LogP contribution in [0.1, 0.15) is 121 Å². The van der Waals surface area contributed by atoms with Crippen LogP contribution in [0.2, 0.25) is 0 Å². The Morgan fingerprint density at radius 1 is 1.08 bits per heavy atom.